The average Bonchev–Trinajstić information content (AvgIpc) is 3.52. The molecule has 2 aromatic heterocycles. The summed E-state index contributed by atoms with van der Waals surface area (Å²) in [6, 6.07) is 14.1. The SMILES string of the molecule is COc1cccc(N(C(=O)Cc2cccs2)[C@@H](C(=O)NC2CCCC2)c2ccncc2)c1. The molecule has 0 saturated heterocycles. The smallest absolute Gasteiger partial charge is 0.248 e. The normalized spacial score (nSPS) is 14.7. The van der Waals surface area contributed by atoms with Crippen LogP contribution in [0.25, 0.3) is 0 Å². The molecule has 1 aliphatic rings. The number of hydrogen-bond acceptors (Lipinski definition) is 5. The van der Waals surface area contributed by atoms with Gasteiger partial charge in [0.05, 0.1) is 13.5 Å². The van der Waals surface area contributed by atoms with Crippen LogP contribution in [-0.4, -0.2) is 29.9 Å². The van der Waals surface area contributed by atoms with E-state index in [1.54, 1.807) is 42.6 Å². The summed E-state index contributed by atoms with van der Waals surface area (Å²) < 4.78 is 5.40. The van der Waals surface area contributed by atoms with Gasteiger partial charge in [0, 0.05) is 35.1 Å². The Bertz CT molecular complexity index is 1030. The van der Waals surface area contributed by atoms with Crippen molar-refractivity contribution in [1.29, 1.82) is 0 Å². The molecule has 2 heterocycles. The fourth-order valence-electron chi connectivity index (χ4n) is 4.16. The van der Waals surface area contributed by atoms with E-state index < -0.39 is 6.04 Å². The maximum Gasteiger partial charge on any atom is 0.248 e. The number of aromatic nitrogens is 1. The van der Waals surface area contributed by atoms with Crippen LogP contribution in [0.15, 0.2) is 66.3 Å². The van der Waals surface area contributed by atoms with Gasteiger partial charge in [0.25, 0.3) is 0 Å². The Hall–Kier alpha value is -3.19. The van der Waals surface area contributed by atoms with Crippen LogP contribution in [0.5, 0.6) is 5.75 Å². The number of nitrogens with one attached hydrogen (secondary N) is 1. The number of carbonyl (C=O) groups is 2. The Kier molecular flexibility index (Phi) is 7.17. The van der Waals surface area contributed by atoms with Gasteiger partial charge in [-0.15, -0.1) is 11.3 Å². The van der Waals surface area contributed by atoms with Crippen LogP contribution in [0.2, 0.25) is 0 Å². The molecule has 2 amide bonds. The number of carbonyl (C=O) groups excluding carboxylic acids is 2. The van der Waals surface area contributed by atoms with E-state index in [2.05, 4.69) is 10.3 Å². The van der Waals surface area contributed by atoms with Crippen molar-refractivity contribution in [1.82, 2.24) is 10.3 Å². The molecule has 1 aromatic carbocycles. The van der Waals surface area contributed by atoms with Gasteiger partial charge in [0.15, 0.2) is 0 Å². The maximum atomic E-state index is 13.7. The van der Waals surface area contributed by atoms with E-state index in [1.165, 1.54) is 11.3 Å². The largest absolute Gasteiger partial charge is 0.497 e. The van der Waals surface area contributed by atoms with Gasteiger partial charge in [-0.3, -0.25) is 19.5 Å². The monoisotopic (exact) mass is 449 g/mol. The maximum absolute atomic E-state index is 13.7. The standard InChI is InChI=1S/C25H27N3O3S/c1-31-21-9-4-8-20(16-21)28(23(29)17-22-10-5-15-32-22)24(18-11-13-26-14-12-18)25(30)27-19-6-2-3-7-19/h4-5,8-16,19,24H,2-3,6-7,17H2,1H3,(H,27,30)/t24-/m1/s1. The summed E-state index contributed by atoms with van der Waals surface area (Å²) in [6.45, 7) is 0. The summed E-state index contributed by atoms with van der Waals surface area (Å²) in [6.07, 6.45) is 7.68. The number of anilines is 1. The minimum absolute atomic E-state index is 0.145. The molecule has 1 atom stereocenters. The third-order valence-corrected chi connectivity index (χ3v) is 6.61. The molecule has 1 aliphatic carbocycles. The van der Waals surface area contributed by atoms with Gasteiger partial charge < -0.3 is 10.1 Å². The molecule has 1 fully saturated rings. The van der Waals surface area contributed by atoms with Gasteiger partial charge in [0.1, 0.15) is 11.8 Å². The molecule has 6 nitrogen and oxygen atoms in total. The second kappa shape index (κ2) is 10.4. The summed E-state index contributed by atoms with van der Waals surface area (Å²) in [5, 5.41) is 5.14. The van der Waals surface area contributed by atoms with Crippen molar-refractivity contribution in [2.24, 2.45) is 0 Å². The van der Waals surface area contributed by atoms with Crippen LogP contribution in [0.4, 0.5) is 5.69 Å². The van der Waals surface area contributed by atoms with E-state index in [0.29, 0.717) is 11.4 Å². The summed E-state index contributed by atoms with van der Waals surface area (Å²) in [4.78, 5) is 33.9. The predicted octanol–water partition coefficient (Wildman–Crippen LogP) is 4.53. The Balaban J connectivity index is 1.75. The molecule has 0 radical (unpaired) electrons. The molecule has 32 heavy (non-hydrogen) atoms. The van der Waals surface area contributed by atoms with E-state index in [9.17, 15) is 9.59 Å². The number of thiophene rings is 1. The lowest BCUT2D eigenvalue weighted by Gasteiger charge is -2.32. The van der Waals surface area contributed by atoms with Crippen LogP contribution < -0.4 is 15.0 Å². The molecule has 0 bridgehead atoms. The predicted molar refractivity (Wildman–Crippen MR) is 126 cm³/mol. The van der Waals surface area contributed by atoms with Crippen molar-refractivity contribution in [2.45, 2.75) is 44.2 Å². The van der Waals surface area contributed by atoms with Crippen LogP contribution in [0.1, 0.15) is 42.2 Å². The van der Waals surface area contributed by atoms with Crippen LogP contribution in [0, 0.1) is 0 Å². The first-order chi connectivity index (χ1) is 15.7. The second-order valence-electron chi connectivity index (χ2n) is 7.89. The third-order valence-electron chi connectivity index (χ3n) is 5.74. The number of pyridine rings is 1. The molecular formula is C25H27N3O3S. The highest BCUT2D eigenvalue weighted by Crippen LogP contribution is 2.32. The fraction of sp³-hybridized carbons (Fsp3) is 0.320. The van der Waals surface area contributed by atoms with Gasteiger partial charge in [-0.25, -0.2) is 0 Å². The molecule has 0 spiro atoms. The minimum Gasteiger partial charge on any atom is -0.497 e. The molecule has 166 valence electrons. The fourth-order valence-corrected chi connectivity index (χ4v) is 4.85. The Morgan fingerprint density at radius 3 is 2.62 bits per heavy atom. The van der Waals surface area contributed by atoms with Crippen LogP contribution >= 0.6 is 11.3 Å². The van der Waals surface area contributed by atoms with Crippen LogP contribution in [0.3, 0.4) is 0 Å². The molecule has 3 aromatic rings. The zero-order valence-electron chi connectivity index (χ0n) is 18.1. The zero-order valence-corrected chi connectivity index (χ0v) is 18.9. The van der Waals surface area contributed by atoms with Gasteiger partial charge in [-0.2, -0.15) is 0 Å². The number of ether oxygens (including phenoxy) is 1. The Labute approximate surface area is 192 Å². The average molecular weight is 450 g/mol. The summed E-state index contributed by atoms with van der Waals surface area (Å²) in [5.74, 6) is 0.302. The van der Waals surface area contributed by atoms with Gasteiger partial charge in [0.2, 0.25) is 11.8 Å². The summed E-state index contributed by atoms with van der Waals surface area (Å²) in [5.41, 5.74) is 1.34. The number of benzene rings is 1. The number of rotatable bonds is 8. The lowest BCUT2D eigenvalue weighted by molar-refractivity contribution is -0.127. The third kappa shape index (κ3) is 5.16. The zero-order chi connectivity index (χ0) is 22.3. The number of amides is 2. The van der Waals surface area contributed by atoms with Crippen molar-refractivity contribution in [3.8, 4) is 5.75 Å². The molecule has 0 aliphatic heterocycles. The van der Waals surface area contributed by atoms with Gasteiger partial charge >= 0.3 is 0 Å². The van der Waals surface area contributed by atoms with E-state index in [1.807, 2.05) is 35.7 Å². The lowest BCUT2D eigenvalue weighted by atomic mass is 10.0. The van der Waals surface area contributed by atoms with E-state index in [4.69, 9.17) is 4.74 Å². The first-order valence-corrected chi connectivity index (χ1v) is 11.7. The highest BCUT2D eigenvalue weighted by atomic mass is 32.1. The Morgan fingerprint density at radius 1 is 1.16 bits per heavy atom. The first kappa shape index (κ1) is 22.0. The lowest BCUT2D eigenvalue weighted by Crippen LogP contribution is -2.46. The van der Waals surface area contributed by atoms with Crippen molar-refractivity contribution in [3.63, 3.8) is 0 Å². The number of hydrogen-bond donors (Lipinski definition) is 1. The Morgan fingerprint density at radius 2 is 1.94 bits per heavy atom. The molecule has 4 rings (SSSR count). The van der Waals surface area contributed by atoms with Crippen molar-refractivity contribution >= 4 is 28.8 Å². The van der Waals surface area contributed by atoms with Crippen LogP contribution in [-0.2, 0) is 16.0 Å². The van der Waals surface area contributed by atoms with E-state index in [0.717, 1.165) is 36.1 Å². The van der Waals surface area contributed by atoms with Gasteiger partial charge in [-0.1, -0.05) is 25.0 Å². The summed E-state index contributed by atoms with van der Waals surface area (Å²) in [7, 11) is 1.59. The summed E-state index contributed by atoms with van der Waals surface area (Å²) >= 11 is 1.53. The van der Waals surface area contributed by atoms with Crippen molar-refractivity contribution in [3.05, 3.63) is 76.7 Å². The molecule has 1 saturated carbocycles. The highest BCUT2D eigenvalue weighted by molar-refractivity contribution is 7.10. The van der Waals surface area contributed by atoms with Gasteiger partial charge in [-0.05, 0) is 54.1 Å². The minimum atomic E-state index is -0.807. The topological polar surface area (TPSA) is 71.5 Å². The first-order valence-electron chi connectivity index (χ1n) is 10.8. The highest BCUT2D eigenvalue weighted by Gasteiger charge is 2.34. The number of methoxy groups -OCH3 is 1. The van der Waals surface area contributed by atoms with Crippen molar-refractivity contribution in [2.75, 3.05) is 12.0 Å². The molecular weight excluding hydrogens is 422 g/mol. The number of nitrogens with zero attached hydrogens (tertiary/aromatic N) is 2. The second-order valence-corrected chi connectivity index (χ2v) is 8.93. The molecule has 1 N–H and O–H groups in total. The van der Waals surface area contributed by atoms with Crippen molar-refractivity contribution < 1.29 is 14.3 Å². The van der Waals surface area contributed by atoms with E-state index >= 15 is 0 Å². The molecule has 0 unspecified atom stereocenters. The quantitative estimate of drug-likeness (QED) is 0.549. The van der Waals surface area contributed by atoms with E-state index in [-0.39, 0.29) is 24.3 Å². The molecule has 7 heteroatoms.